The van der Waals surface area contributed by atoms with E-state index in [9.17, 15) is 9.90 Å². The number of methoxy groups -OCH3 is 1. The van der Waals surface area contributed by atoms with Gasteiger partial charge >= 0.3 is 0 Å². The monoisotopic (exact) mass is 362 g/mol. The molecule has 0 radical (unpaired) electrons. The first-order valence-electron chi connectivity index (χ1n) is 8.41. The standard InChI is InChI=1S/C20H18N4O3/c1-11-4-6-15-14(8-11)18-19(23-15)20(26)24(12(2)22-18)21-10-13-5-7-16(25)17(9-13)27-3/h4-10,23,25H,1-3H3. The van der Waals surface area contributed by atoms with Gasteiger partial charge in [0.2, 0.25) is 0 Å². The summed E-state index contributed by atoms with van der Waals surface area (Å²) in [5, 5.41) is 14.9. The Bertz CT molecular complexity index is 1270. The van der Waals surface area contributed by atoms with Gasteiger partial charge in [0.1, 0.15) is 16.9 Å². The van der Waals surface area contributed by atoms with Gasteiger partial charge in [-0.2, -0.15) is 9.78 Å². The Kier molecular flexibility index (Phi) is 3.92. The molecule has 0 spiro atoms. The maximum atomic E-state index is 12.9. The van der Waals surface area contributed by atoms with E-state index in [1.807, 2.05) is 25.1 Å². The van der Waals surface area contributed by atoms with Crippen LogP contribution in [0.3, 0.4) is 0 Å². The minimum absolute atomic E-state index is 0.0412. The topological polar surface area (TPSA) is 92.5 Å². The van der Waals surface area contributed by atoms with Crippen LogP contribution in [0.4, 0.5) is 0 Å². The van der Waals surface area contributed by atoms with Crippen LogP contribution in [-0.4, -0.2) is 33.1 Å². The number of nitrogens with one attached hydrogen (secondary N) is 1. The van der Waals surface area contributed by atoms with Gasteiger partial charge < -0.3 is 14.8 Å². The molecule has 4 aromatic rings. The zero-order chi connectivity index (χ0) is 19.1. The zero-order valence-corrected chi connectivity index (χ0v) is 15.1. The van der Waals surface area contributed by atoms with Crippen molar-refractivity contribution in [2.45, 2.75) is 13.8 Å². The second-order valence-corrected chi connectivity index (χ2v) is 6.35. The van der Waals surface area contributed by atoms with Crippen molar-refractivity contribution >= 4 is 28.2 Å². The van der Waals surface area contributed by atoms with Crippen LogP contribution in [-0.2, 0) is 0 Å². The van der Waals surface area contributed by atoms with Gasteiger partial charge in [-0.3, -0.25) is 4.79 Å². The molecule has 2 N–H and O–H groups in total. The number of fused-ring (bicyclic) bond motifs is 3. The predicted molar refractivity (Wildman–Crippen MR) is 105 cm³/mol. The van der Waals surface area contributed by atoms with Gasteiger partial charge in [0.25, 0.3) is 5.56 Å². The number of phenols is 1. The summed E-state index contributed by atoms with van der Waals surface area (Å²) in [5.74, 6) is 0.860. The summed E-state index contributed by atoms with van der Waals surface area (Å²) >= 11 is 0. The van der Waals surface area contributed by atoms with Gasteiger partial charge in [-0.25, -0.2) is 4.98 Å². The van der Waals surface area contributed by atoms with Crippen molar-refractivity contribution in [1.29, 1.82) is 0 Å². The van der Waals surface area contributed by atoms with Crippen molar-refractivity contribution in [2.75, 3.05) is 7.11 Å². The molecule has 27 heavy (non-hydrogen) atoms. The third kappa shape index (κ3) is 2.83. The minimum Gasteiger partial charge on any atom is -0.504 e. The molecule has 0 aliphatic carbocycles. The number of hydrogen-bond donors (Lipinski definition) is 2. The highest BCUT2D eigenvalue weighted by molar-refractivity contribution is 6.04. The number of aromatic nitrogens is 3. The summed E-state index contributed by atoms with van der Waals surface area (Å²) in [4.78, 5) is 20.6. The summed E-state index contributed by atoms with van der Waals surface area (Å²) < 4.78 is 6.34. The first-order valence-corrected chi connectivity index (χ1v) is 8.41. The van der Waals surface area contributed by atoms with Crippen molar-refractivity contribution in [3.63, 3.8) is 0 Å². The highest BCUT2D eigenvalue weighted by Crippen LogP contribution is 2.26. The third-order valence-electron chi connectivity index (χ3n) is 4.44. The lowest BCUT2D eigenvalue weighted by Gasteiger charge is -2.05. The summed E-state index contributed by atoms with van der Waals surface area (Å²) in [6.07, 6.45) is 1.52. The summed E-state index contributed by atoms with van der Waals surface area (Å²) in [5.41, 5.74) is 3.45. The van der Waals surface area contributed by atoms with Crippen molar-refractivity contribution in [3.05, 3.63) is 63.7 Å². The van der Waals surface area contributed by atoms with E-state index in [0.717, 1.165) is 16.5 Å². The van der Waals surface area contributed by atoms with Crippen LogP contribution < -0.4 is 10.3 Å². The average molecular weight is 362 g/mol. The summed E-state index contributed by atoms with van der Waals surface area (Å²) in [7, 11) is 1.47. The fraction of sp³-hybridized carbons (Fsp3) is 0.150. The average Bonchev–Trinajstić information content (AvgIpc) is 3.01. The highest BCUT2D eigenvalue weighted by Gasteiger charge is 2.13. The molecule has 2 aromatic heterocycles. The Morgan fingerprint density at radius 3 is 2.81 bits per heavy atom. The van der Waals surface area contributed by atoms with Gasteiger partial charge in [0.05, 0.1) is 13.3 Å². The van der Waals surface area contributed by atoms with Crippen molar-refractivity contribution in [1.82, 2.24) is 14.6 Å². The molecule has 0 aliphatic heterocycles. The molecule has 0 amide bonds. The number of H-pyrrole nitrogens is 1. The minimum atomic E-state index is -0.270. The van der Waals surface area contributed by atoms with E-state index in [2.05, 4.69) is 15.1 Å². The molecule has 0 fully saturated rings. The van der Waals surface area contributed by atoms with Gasteiger partial charge in [-0.05, 0) is 49.7 Å². The van der Waals surface area contributed by atoms with Crippen LogP contribution in [0, 0.1) is 13.8 Å². The van der Waals surface area contributed by atoms with Crippen molar-refractivity contribution < 1.29 is 9.84 Å². The van der Waals surface area contributed by atoms with E-state index in [1.165, 1.54) is 24.1 Å². The Morgan fingerprint density at radius 1 is 1.22 bits per heavy atom. The third-order valence-corrected chi connectivity index (χ3v) is 4.44. The van der Waals surface area contributed by atoms with E-state index >= 15 is 0 Å². The molecule has 0 atom stereocenters. The summed E-state index contributed by atoms with van der Waals surface area (Å²) in [6, 6.07) is 10.8. The molecular formula is C20H18N4O3. The van der Waals surface area contributed by atoms with Crippen LogP contribution >= 0.6 is 0 Å². The number of ether oxygens (including phenoxy) is 1. The van der Waals surface area contributed by atoms with E-state index in [-0.39, 0.29) is 11.3 Å². The van der Waals surface area contributed by atoms with E-state index in [4.69, 9.17) is 4.74 Å². The van der Waals surface area contributed by atoms with Crippen LogP contribution in [0.25, 0.3) is 21.9 Å². The Hall–Kier alpha value is -3.61. The van der Waals surface area contributed by atoms with Crippen LogP contribution in [0.1, 0.15) is 17.0 Å². The smallest absolute Gasteiger partial charge is 0.298 e. The maximum absolute atomic E-state index is 12.9. The molecule has 0 aliphatic rings. The number of aromatic hydroxyl groups is 1. The summed E-state index contributed by atoms with van der Waals surface area (Å²) in [6.45, 7) is 3.74. The van der Waals surface area contributed by atoms with Crippen molar-refractivity contribution in [3.8, 4) is 11.5 Å². The molecule has 2 heterocycles. The first-order chi connectivity index (χ1) is 13.0. The predicted octanol–water partition coefficient (Wildman–Crippen LogP) is 3.09. The maximum Gasteiger partial charge on any atom is 0.298 e. The zero-order valence-electron chi connectivity index (χ0n) is 15.1. The van der Waals surface area contributed by atoms with Crippen LogP contribution in [0.2, 0.25) is 0 Å². The molecule has 7 nitrogen and oxygen atoms in total. The second-order valence-electron chi connectivity index (χ2n) is 6.35. The molecule has 7 heteroatoms. The number of aryl methyl sites for hydroxylation is 2. The van der Waals surface area contributed by atoms with Gasteiger partial charge in [-0.1, -0.05) is 11.6 Å². The van der Waals surface area contributed by atoms with Crippen LogP contribution in [0.15, 0.2) is 46.3 Å². The SMILES string of the molecule is COc1cc(C=Nn2c(C)nc3c([nH]c4ccc(C)cc43)c2=O)ccc1O. The Balaban J connectivity index is 1.85. The molecule has 0 saturated heterocycles. The lowest BCUT2D eigenvalue weighted by molar-refractivity contribution is 0.373. The molecule has 2 aromatic carbocycles. The number of nitrogens with zero attached hydrogens (tertiary/aromatic N) is 3. The number of phenolic OH excluding ortho intramolecular Hbond substituents is 1. The number of hydrogen-bond acceptors (Lipinski definition) is 5. The highest BCUT2D eigenvalue weighted by atomic mass is 16.5. The van der Waals surface area contributed by atoms with E-state index in [0.29, 0.717) is 28.2 Å². The molecule has 136 valence electrons. The molecule has 4 rings (SSSR count). The molecule has 0 bridgehead atoms. The normalized spacial score (nSPS) is 11.7. The first kappa shape index (κ1) is 16.8. The van der Waals surface area contributed by atoms with Gasteiger partial charge in [0, 0.05) is 10.9 Å². The Morgan fingerprint density at radius 2 is 2.04 bits per heavy atom. The molecule has 0 saturated carbocycles. The van der Waals surface area contributed by atoms with Crippen LogP contribution in [0.5, 0.6) is 11.5 Å². The fourth-order valence-electron chi connectivity index (χ4n) is 3.06. The van der Waals surface area contributed by atoms with E-state index < -0.39 is 0 Å². The number of benzene rings is 2. The lowest BCUT2D eigenvalue weighted by atomic mass is 10.1. The largest absolute Gasteiger partial charge is 0.504 e. The van der Waals surface area contributed by atoms with Gasteiger partial charge in [0.15, 0.2) is 11.5 Å². The quantitative estimate of drug-likeness (QED) is 0.548. The Labute approximate surface area is 154 Å². The van der Waals surface area contributed by atoms with Crippen molar-refractivity contribution in [2.24, 2.45) is 5.10 Å². The van der Waals surface area contributed by atoms with E-state index in [1.54, 1.807) is 19.1 Å². The van der Waals surface area contributed by atoms with Gasteiger partial charge in [-0.15, -0.1) is 0 Å². The second kappa shape index (κ2) is 6.28. The molecule has 0 unspecified atom stereocenters. The number of aromatic amines is 1. The fourth-order valence-corrected chi connectivity index (χ4v) is 3.06. The lowest BCUT2D eigenvalue weighted by Crippen LogP contribution is -2.20. The molecular weight excluding hydrogens is 344 g/mol. The number of rotatable bonds is 3.